The van der Waals surface area contributed by atoms with Gasteiger partial charge in [0.1, 0.15) is 5.75 Å². The van der Waals surface area contributed by atoms with E-state index in [1.54, 1.807) is 0 Å². The molecule has 0 bridgehead atoms. The maximum absolute atomic E-state index is 5.55. The van der Waals surface area contributed by atoms with Gasteiger partial charge in [-0.1, -0.05) is 50.1 Å². The van der Waals surface area contributed by atoms with Crippen LogP contribution < -0.4 is 4.74 Å². The Morgan fingerprint density at radius 1 is 1.05 bits per heavy atom. The fraction of sp³-hybridized carbons (Fsp3) is 0.250. The van der Waals surface area contributed by atoms with Crippen LogP contribution in [-0.2, 0) is 0 Å². The van der Waals surface area contributed by atoms with Crippen molar-refractivity contribution in [2.75, 3.05) is 6.61 Å². The molecule has 0 aliphatic carbocycles. The Kier molecular flexibility index (Phi) is 5.70. The van der Waals surface area contributed by atoms with Crippen molar-refractivity contribution in [1.82, 2.24) is 0 Å². The van der Waals surface area contributed by atoms with Crippen LogP contribution in [0.25, 0.3) is 0 Å². The molecule has 4 heteroatoms. The number of aryl methyl sites for hydroxylation is 1. The molecule has 1 nitrogen and oxygen atoms in total. The van der Waals surface area contributed by atoms with Crippen LogP contribution in [0.5, 0.6) is 5.75 Å². The summed E-state index contributed by atoms with van der Waals surface area (Å²) >= 11 is 11.0. The first-order chi connectivity index (χ1) is 9.52. The molecule has 0 aliphatic rings. The molecule has 106 valence electrons. The second kappa shape index (κ2) is 7.10. The monoisotopic (exact) mass is 460 g/mol. The highest BCUT2D eigenvalue weighted by atomic mass is 79.9. The van der Waals surface area contributed by atoms with E-state index in [-0.39, 0.29) is 4.83 Å². The highest BCUT2D eigenvalue weighted by molar-refractivity contribution is 9.11. The van der Waals surface area contributed by atoms with E-state index >= 15 is 0 Å². The van der Waals surface area contributed by atoms with Crippen molar-refractivity contribution in [3.05, 3.63) is 62.0 Å². The fourth-order valence-electron chi connectivity index (χ4n) is 1.96. The molecule has 1 unspecified atom stereocenters. The van der Waals surface area contributed by atoms with E-state index in [4.69, 9.17) is 4.74 Å². The lowest BCUT2D eigenvalue weighted by molar-refractivity contribution is 0.338. The molecule has 2 rings (SSSR count). The third-order valence-electron chi connectivity index (χ3n) is 2.98. The Morgan fingerprint density at radius 2 is 1.80 bits per heavy atom. The molecule has 2 aromatic rings. The second-order valence-electron chi connectivity index (χ2n) is 4.51. The van der Waals surface area contributed by atoms with Gasteiger partial charge < -0.3 is 4.74 Å². The third kappa shape index (κ3) is 3.66. The highest BCUT2D eigenvalue weighted by Crippen LogP contribution is 2.38. The van der Waals surface area contributed by atoms with Gasteiger partial charge in [-0.15, -0.1) is 0 Å². The van der Waals surface area contributed by atoms with E-state index in [9.17, 15) is 0 Å². The lowest BCUT2D eigenvalue weighted by atomic mass is 10.0. The SMILES string of the molecule is CCOc1ccc(C(Br)c2ccc(C)cc2Br)cc1Br. The standard InChI is InChI=1S/C16H15Br3O/c1-3-20-15-7-5-11(9-14(15)18)16(19)12-6-4-10(2)8-13(12)17/h4-9,16H,3H2,1-2H3. The molecule has 0 amide bonds. The molecule has 2 aromatic carbocycles. The number of benzene rings is 2. The molecular weight excluding hydrogens is 448 g/mol. The summed E-state index contributed by atoms with van der Waals surface area (Å²) < 4.78 is 7.64. The minimum atomic E-state index is 0.143. The van der Waals surface area contributed by atoms with Crippen molar-refractivity contribution in [1.29, 1.82) is 0 Å². The number of hydrogen-bond acceptors (Lipinski definition) is 1. The lowest BCUT2D eigenvalue weighted by Gasteiger charge is -2.15. The summed E-state index contributed by atoms with van der Waals surface area (Å²) in [6.07, 6.45) is 0. The number of halogens is 3. The molecule has 0 fully saturated rings. The maximum Gasteiger partial charge on any atom is 0.133 e. The maximum atomic E-state index is 5.55. The van der Waals surface area contributed by atoms with E-state index < -0.39 is 0 Å². The van der Waals surface area contributed by atoms with E-state index in [0.717, 1.165) is 14.7 Å². The van der Waals surface area contributed by atoms with Gasteiger partial charge in [-0.05, 0) is 64.7 Å². The van der Waals surface area contributed by atoms with Gasteiger partial charge in [0, 0.05) is 4.47 Å². The topological polar surface area (TPSA) is 9.23 Å². The summed E-state index contributed by atoms with van der Waals surface area (Å²) in [5, 5.41) is 0. The van der Waals surface area contributed by atoms with Crippen LogP contribution in [0.1, 0.15) is 28.4 Å². The van der Waals surface area contributed by atoms with Gasteiger partial charge in [-0.25, -0.2) is 0 Å². The Bertz CT molecular complexity index is 611. The Hall–Kier alpha value is -0.320. The van der Waals surface area contributed by atoms with Gasteiger partial charge in [0.05, 0.1) is 15.9 Å². The number of rotatable bonds is 4. The molecule has 0 spiro atoms. The Morgan fingerprint density at radius 3 is 2.40 bits per heavy atom. The van der Waals surface area contributed by atoms with Gasteiger partial charge >= 0.3 is 0 Å². The van der Waals surface area contributed by atoms with Gasteiger partial charge in [0.2, 0.25) is 0 Å². The summed E-state index contributed by atoms with van der Waals surface area (Å²) in [4.78, 5) is 0.143. The van der Waals surface area contributed by atoms with Crippen LogP contribution in [-0.4, -0.2) is 6.61 Å². The highest BCUT2D eigenvalue weighted by Gasteiger charge is 2.15. The summed E-state index contributed by atoms with van der Waals surface area (Å²) in [7, 11) is 0. The zero-order valence-electron chi connectivity index (χ0n) is 11.3. The first kappa shape index (κ1) is 16.1. The van der Waals surface area contributed by atoms with Gasteiger partial charge in [0.25, 0.3) is 0 Å². The zero-order chi connectivity index (χ0) is 14.7. The lowest BCUT2D eigenvalue weighted by Crippen LogP contribution is -1.97. The molecule has 0 saturated heterocycles. The molecule has 0 N–H and O–H groups in total. The molecule has 1 atom stereocenters. The first-order valence-corrected chi connectivity index (χ1v) is 8.85. The summed E-state index contributed by atoms with van der Waals surface area (Å²) in [5.41, 5.74) is 3.64. The third-order valence-corrected chi connectivity index (χ3v) is 5.31. The summed E-state index contributed by atoms with van der Waals surface area (Å²) in [6, 6.07) is 12.6. The molecular formula is C16H15Br3O. The van der Waals surface area contributed by atoms with Gasteiger partial charge in [0.15, 0.2) is 0 Å². The quantitative estimate of drug-likeness (QED) is 0.477. The van der Waals surface area contributed by atoms with Gasteiger partial charge in [-0.2, -0.15) is 0 Å². The molecule has 20 heavy (non-hydrogen) atoms. The van der Waals surface area contributed by atoms with E-state index in [0.29, 0.717) is 6.61 Å². The second-order valence-corrected chi connectivity index (χ2v) is 7.13. The van der Waals surface area contributed by atoms with Crippen LogP contribution in [0.4, 0.5) is 0 Å². The van der Waals surface area contributed by atoms with Crippen molar-refractivity contribution in [2.24, 2.45) is 0 Å². The van der Waals surface area contributed by atoms with Crippen LogP contribution in [0.15, 0.2) is 45.3 Å². The molecule has 0 saturated carbocycles. The van der Waals surface area contributed by atoms with Crippen molar-refractivity contribution in [2.45, 2.75) is 18.7 Å². The normalized spacial score (nSPS) is 12.2. The van der Waals surface area contributed by atoms with Crippen LogP contribution in [0, 0.1) is 6.92 Å². The van der Waals surface area contributed by atoms with E-state index in [2.05, 4.69) is 85.0 Å². The van der Waals surface area contributed by atoms with Crippen LogP contribution in [0.3, 0.4) is 0 Å². The van der Waals surface area contributed by atoms with Crippen LogP contribution >= 0.6 is 47.8 Å². The predicted molar refractivity (Wildman–Crippen MR) is 95.0 cm³/mol. The average Bonchev–Trinajstić information content (AvgIpc) is 2.40. The molecule has 0 aliphatic heterocycles. The van der Waals surface area contributed by atoms with Crippen LogP contribution in [0.2, 0.25) is 0 Å². The largest absolute Gasteiger partial charge is 0.493 e. The fourth-order valence-corrected chi connectivity index (χ4v) is 4.19. The van der Waals surface area contributed by atoms with Crippen molar-refractivity contribution < 1.29 is 4.74 Å². The summed E-state index contributed by atoms with van der Waals surface area (Å²) in [6.45, 7) is 4.74. The molecule has 0 heterocycles. The smallest absolute Gasteiger partial charge is 0.133 e. The summed E-state index contributed by atoms with van der Waals surface area (Å²) in [5.74, 6) is 0.874. The van der Waals surface area contributed by atoms with Crippen molar-refractivity contribution in [3.63, 3.8) is 0 Å². The predicted octanol–water partition coefficient (Wildman–Crippen LogP) is 6.40. The number of alkyl halides is 1. The van der Waals surface area contributed by atoms with Crippen molar-refractivity contribution in [3.8, 4) is 5.75 Å². The molecule has 0 radical (unpaired) electrons. The number of hydrogen-bond donors (Lipinski definition) is 0. The zero-order valence-corrected chi connectivity index (χ0v) is 16.0. The van der Waals surface area contributed by atoms with Gasteiger partial charge in [-0.3, -0.25) is 0 Å². The van der Waals surface area contributed by atoms with E-state index in [1.165, 1.54) is 16.7 Å². The molecule has 0 aromatic heterocycles. The Labute approximate surface area is 145 Å². The average molecular weight is 463 g/mol. The minimum Gasteiger partial charge on any atom is -0.493 e. The first-order valence-electron chi connectivity index (χ1n) is 6.35. The Balaban J connectivity index is 2.33. The number of ether oxygens (including phenoxy) is 1. The van der Waals surface area contributed by atoms with E-state index in [1.807, 2.05) is 13.0 Å². The van der Waals surface area contributed by atoms with Crippen molar-refractivity contribution >= 4 is 47.8 Å². The minimum absolute atomic E-state index is 0.143.